The third-order valence-corrected chi connectivity index (χ3v) is 6.55. The van der Waals surface area contributed by atoms with Crippen molar-refractivity contribution < 1.29 is 48.4 Å². The molecule has 2 rings (SSSR count). The van der Waals surface area contributed by atoms with E-state index >= 15 is 0 Å². The first kappa shape index (κ1) is 27.4. The number of amides is 1. The summed E-state index contributed by atoms with van der Waals surface area (Å²) in [4.78, 5) is 67.9. The molecule has 188 valence electrons. The number of nitrogens with zero attached hydrogens (tertiary/aromatic N) is 1. The van der Waals surface area contributed by atoms with E-state index in [0.29, 0.717) is 11.6 Å². The molecule has 0 aromatic heterocycles. The Morgan fingerprint density at radius 1 is 1.14 bits per heavy atom. The zero-order valence-electron chi connectivity index (χ0n) is 18.7. The summed E-state index contributed by atoms with van der Waals surface area (Å²) in [6.07, 6.45) is -2.06. The molecule has 14 heteroatoms. The van der Waals surface area contributed by atoms with E-state index in [-0.39, 0.29) is 6.61 Å². The van der Waals surface area contributed by atoms with Crippen molar-refractivity contribution in [3.05, 3.63) is 63.7 Å². The van der Waals surface area contributed by atoms with Crippen LogP contribution < -0.4 is 10.1 Å². The number of rotatable bonds is 11. The van der Waals surface area contributed by atoms with E-state index in [0.717, 1.165) is 20.3 Å². The molecule has 1 amide bonds. The van der Waals surface area contributed by atoms with Gasteiger partial charge in [0.05, 0.1) is 24.7 Å². The number of esters is 1. The Kier molecular flexibility index (Phi) is 9.46. The fourth-order valence-corrected chi connectivity index (χ4v) is 4.29. The lowest BCUT2D eigenvalue weighted by Gasteiger charge is -2.18. The van der Waals surface area contributed by atoms with Crippen LogP contribution in [-0.4, -0.2) is 63.8 Å². The molecule has 13 nitrogen and oxygen atoms in total. The summed E-state index contributed by atoms with van der Waals surface area (Å²) in [5.74, 6) is -2.17. The standard InChI is InChI=1S/C21H23N2O11P/c1-32-17-11-14(10-16(18(17)24)23(28)29)20(26)35(30,31)9-8-15(19(25)33-2)22-21(27)34-12-13-6-4-3-5-7-13/h3-7,10-11,15,30-31H,8-9,12H2,1-2H3,(H-,22,24,26,27)/p+1/t15-/m0/s1. The number of benzene rings is 2. The molecular weight excluding hydrogens is 487 g/mol. The van der Waals surface area contributed by atoms with Gasteiger partial charge in [0.2, 0.25) is 5.75 Å². The second kappa shape index (κ2) is 12.1. The molecule has 0 unspecified atom stereocenters. The summed E-state index contributed by atoms with van der Waals surface area (Å²) in [6.45, 7) is -0.0859. The average Bonchev–Trinajstić information content (AvgIpc) is 2.84. The number of hydrogen-bond acceptors (Lipinski definition) is 11. The summed E-state index contributed by atoms with van der Waals surface area (Å²) in [5.41, 5.74) is -1.93. The molecule has 0 saturated heterocycles. The van der Waals surface area contributed by atoms with Gasteiger partial charge in [-0.15, -0.1) is 0 Å². The number of methoxy groups -OCH3 is 2. The SMILES string of the molecule is COC(=O)[C@H](CC[P+](O)(O)C(=O)c1cc(OC)c(O)c([N+](=O)[O-])c1)NC(=O)OCc1ccccc1. The number of ether oxygens (including phenoxy) is 3. The van der Waals surface area contributed by atoms with Gasteiger partial charge in [0, 0.05) is 12.5 Å². The van der Waals surface area contributed by atoms with Crippen molar-refractivity contribution in [3.8, 4) is 11.5 Å². The number of phenols is 1. The molecule has 2 aromatic rings. The first-order valence-electron chi connectivity index (χ1n) is 9.99. The Hall–Kier alpha value is -3.80. The smallest absolute Gasteiger partial charge is 0.408 e. The van der Waals surface area contributed by atoms with Gasteiger partial charge in [-0.05, 0) is 11.6 Å². The van der Waals surface area contributed by atoms with Crippen molar-refractivity contribution in [1.29, 1.82) is 0 Å². The van der Waals surface area contributed by atoms with Crippen molar-refractivity contribution >= 4 is 31.0 Å². The van der Waals surface area contributed by atoms with Gasteiger partial charge in [-0.3, -0.25) is 10.1 Å². The van der Waals surface area contributed by atoms with Gasteiger partial charge >= 0.3 is 31.0 Å². The van der Waals surface area contributed by atoms with Crippen LogP contribution in [0.2, 0.25) is 0 Å². The molecule has 35 heavy (non-hydrogen) atoms. The van der Waals surface area contributed by atoms with E-state index in [1.807, 2.05) is 0 Å². The largest absolute Gasteiger partial charge is 0.500 e. The van der Waals surface area contributed by atoms with Crippen LogP contribution >= 0.6 is 7.72 Å². The van der Waals surface area contributed by atoms with Crippen LogP contribution in [0.4, 0.5) is 10.5 Å². The lowest BCUT2D eigenvalue weighted by molar-refractivity contribution is -0.386. The first-order chi connectivity index (χ1) is 16.5. The van der Waals surface area contributed by atoms with Crippen LogP contribution in [0.1, 0.15) is 22.3 Å². The van der Waals surface area contributed by atoms with Crippen LogP contribution in [0.25, 0.3) is 0 Å². The van der Waals surface area contributed by atoms with Gasteiger partial charge in [-0.2, -0.15) is 0 Å². The quantitative estimate of drug-likeness (QED) is 0.149. The Morgan fingerprint density at radius 3 is 2.37 bits per heavy atom. The van der Waals surface area contributed by atoms with Gasteiger partial charge in [-0.25, -0.2) is 24.2 Å². The van der Waals surface area contributed by atoms with Crippen molar-refractivity contribution in [2.75, 3.05) is 20.4 Å². The zero-order chi connectivity index (χ0) is 26.2. The maximum atomic E-state index is 12.7. The summed E-state index contributed by atoms with van der Waals surface area (Å²) >= 11 is 0. The van der Waals surface area contributed by atoms with E-state index in [2.05, 4.69) is 10.1 Å². The summed E-state index contributed by atoms with van der Waals surface area (Å²) in [6, 6.07) is 8.93. The molecule has 0 fully saturated rings. The maximum absolute atomic E-state index is 12.7. The first-order valence-corrected chi connectivity index (χ1v) is 11.9. The number of hydrogen-bond donors (Lipinski definition) is 4. The molecular formula is C21H24N2O11P+. The topological polar surface area (TPSA) is 195 Å². The van der Waals surface area contributed by atoms with E-state index in [9.17, 15) is 39.4 Å². The van der Waals surface area contributed by atoms with Crippen molar-refractivity contribution in [2.24, 2.45) is 0 Å². The average molecular weight is 511 g/mol. The predicted molar refractivity (Wildman–Crippen MR) is 122 cm³/mol. The number of alkyl carbamates (subject to hydrolysis) is 1. The summed E-state index contributed by atoms with van der Waals surface area (Å²) in [7, 11) is -2.31. The number of nitro benzene ring substituents is 1. The third-order valence-electron chi connectivity index (χ3n) is 4.76. The number of aromatic hydroxyl groups is 1. The zero-order valence-corrected chi connectivity index (χ0v) is 19.6. The molecule has 0 bridgehead atoms. The monoisotopic (exact) mass is 511 g/mol. The lowest BCUT2D eigenvalue weighted by Crippen LogP contribution is -2.42. The number of carbonyl (C=O) groups is 3. The molecule has 0 aliphatic rings. The minimum Gasteiger partial charge on any atom is -0.500 e. The second-order valence-corrected chi connectivity index (χ2v) is 9.45. The summed E-state index contributed by atoms with van der Waals surface area (Å²) in [5, 5.41) is 23.2. The highest BCUT2D eigenvalue weighted by Gasteiger charge is 2.46. The molecule has 0 aliphatic carbocycles. The predicted octanol–water partition coefficient (Wildman–Crippen LogP) is 2.14. The van der Waals surface area contributed by atoms with E-state index in [4.69, 9.17) is 9.47 Å². The number of carbonyl (C=O) groups excluding carboxylic acids is 3. The van der Waals surface area contributed by atoms with Gasteiger partial charge in [0.15, 0.2) is 5.75 Å². The fraction of sp³-hybridized carbons (Fsp3) is 0.286. The van der Waals surface area contributed by atoms with Crippen LogP contribution in [-0.2, 0) is 20.9 Å². The highest BCUT2D eigenvalue weighted by molar-refractivity contribution is 7.81. The minimum atomic E-state index is -4.46. The minimum absolute atomic E-state index is 0.0859. The number of nitrogens with one attached hydrogen (secondary N) is 1. The van der Waals surface area contributed by atoms with Gasteiger partial charge in [0.25, 0.3) is 0 Å². The summed E-state index contributed by atoms with van der Waals surface area (Å²) < 4.78 is 14.4. The molecule has 0 saturated carbocycles. The Labute approximate surface area is 199 Å². The van der Waals surface area contributed by atoms with Gasteiger partial charge in [-0.1, -0.05) is 30.3 Å². The van der Waals surface area contributed by atoms with Crippen LogP contribution in [0.15, 0.2) is 42.5 Å². The van der Waals surface area contributed by atoms with Crippen LogP contribution in [0.5, 0.6) is 11.5 Å². The Morgan fingerprint density at radius 2 is 1.80 bits per heavy atom. The molecule has 0 heterocycles. The lowest BCUT2D eigenvalue weighted by atomic mass is 10.2. The third kappa shape index (κ3) is 7.34. The number of phenolic OH excluding ortho intramolecular Hbond substituents is 1. The number of nitro groups is 1. The highest BCUT2D eigenvalue weighted by Crippen LogP contribution is 2.54. The molecule has 2 aromatic carbocycles. The maximum Gasteiger partial charge on any atom is 0.408 e. The van der Waals surface area contributed by atoms with Crippen LogP contribution in [0, 0.1) is 10.1 Å². The molecule has 0 spiro atoms. The van der Waals surface area contributed by atoms with Crippen molar-refractivity contribution in [2.45, 2.75) is 19.1 Å². The van der Waals surface area contributed by atoms with Gasteiger partial charge < -0.3 is 24.6 Å². The van der Waals surface area contributed by atoms with E-state index < -0.39 is 71.6 Å². The van der Waals surface area contributed by atoms with Crippen LogP contribution in [0.3, 0.4) is 0 Å². The van der Waals surface area contributed by atoms with E-state index in [1.54, 1.807) is 30.3 Å². The van der Waals surface area contributed by atoms with E-state index in [1.165, 1.54) is 0 Å². The molecule has 4 N–H and O–H groups in total. The highest BCUT2D eigenvalue weighted by atomic mass is 31.2. The fourth-order valence-electron chi connectivity index (χ4n) is 2.93. The second-order valence-electron chi connectivity index (χ2n) is 7.13. The molecule has 0 radical (unpaired) electrons. The molecule has 0 aliphatic heterocycles. The normalized spacial score (nSPS) is 11.8. The Bertz CT molecular complexity index is 1090. The van der Waals surface area contributed by atoms with Crippen molar-refractivity contribution in [1.82, 2.24) is 5.32 Å². The van der Waals surface area contributed by atoms with Gasteiger partial charge in [0.1, 0.15) is 18.8 Å². The molecule has 1 atom stereocenters. The van der Waals surface area contributed by atoms with Crippen molar-refractivity contribution in [3.63, 3.8) is 0 Å². The Balaban J connectivity index is 2.11.